The van der Waals surface area contributed by atoms with Crippen molar-refractivity contribution in [3.63, 3.8) is 0 Å². The molecular weight excluding hydrogens is 312 g/mol. The van der Waals surface area contributed by atoms with Crippen molar-refractivity contribution in [3.05, 3.63) is 75.0 Å². The van der Waals surface area contributed by atoms with Crippen molar-refractivity contribution in [3.8, 4) is 5.75 Å². The molecule has 3 rings (SSSR count). The maximum absolute atomic E-state index is 12.1. The van der Waals surface area contributed by atoms with Gasteiger partial charge in [-0.3, -0.25) is 4.79 Å². The smallest absolute Gasteiger partial charge is 0.252 e. The number of aromatic nitrogens is 1. The fraction of sp³-hybridized carbons (Fsp3) is 0.167. The van der Waals surface area contributed by atoms with E-state index in [1.165, 1.54) is 0 Å². The molecule has 0 aliphatic rings. The number of methoxy groups -OCH3 is 1. The molecule has 0 aliphatic carbocycles. The molecular formula is C18H17ClN2O2. The van der Waals surface area contributed by atoms with Gasteiger partial charge in [0.1, 0.15) is 5.75 Å². The maximum atomic E-state index is 12.1. The fourth-order valence-electron chi connectivity index (χ4n) is 2.46. The lowest BCUT2D eigenvalue weighted by molar-refractivity contribution is 0.415. The Morgan fingerprint density at radius 3 is 2.65 bits per heavy atom. The topological polar surface area (TPSA) is 54.1 Å². The van der Waals surface area contributed by atoms with Crippen LogP contribution in [0.15, 0.2) is 53.3 Å². The number of H-pyrrole nitrogens is 1. The molecule has 0 amide bonds. The van der Waals surface area contributed by atoms with E-state index in [1.54, 1.807) is 7.11 Å². The zero-order valence-corrected chi connectivity index (χ0v) is 13.5. The van der Waals surface area contributed by atoms with Gasteiger partial charge in [0, 0.05) is 34.6 Å². The molecule has 0 spiro atoms. The van der Waals surface area contributed by atoms with Gasteiger partial charge in [0.25, 0.3) is 5.56 Å². The van der Waals surface area contributed by atoms with Crippen LogP contribution in [0.2, 0.25) is 5.02 Å². The Morgan fingerprint density at radius 2 is 1.87 bits per heavy atom. The molecule has 0 atom stereocenters. The van der Waals surface area contributed by atoms with Gasteiger partial charge >= 0.3 is 0 Å². The van der Waals surface area contributed by atoms with Crippen LogP contribution in [0.4, 0.5) is 0 Å². The second-order valence-electron chi connectivity index (χ2n) is 5.27. The van der Waals surface area contributed by atoms with Crippen molar-refractivity contribution < 1.29 is 4.74 Å². The summed E-state index contributed by atoms with van der Waals surface area (Å²) in [6.07, 6.45) is 0. The number of fused-ring (bicyclic) bond motifs is 1. The lowest BCUT2D eigenvalue weighted by Crippen LogP contribution is -2.20. The van der Waals surface area contributed by atoms with Crippen molar-refractivity contribution in [1.82, 2.24) is 10.3 Å². The average Bonchev–Trinajstić information content (AvgIpc) is 2.56. The van der Waals surface area contributed by atoms with Crippen molar-refractivity contribution in [2.75, 3.05) is 7.11 Å². The Balaban J connectivity index is 1.78. The quantitative estimate of drug-likeness (QED) is 0.754. The van der Waals surface area contributed by atoms with Crippen LogP contribution >= 0.6 is 11.6 Å². The second-order valence-corrected chi connectivity index (χ2v) is 5.68. The molecule has 0 radical (unpaired) electrons. The minimum atomic E-state index is -0.0886. The Bertz CT molecular complexity index is 890. The Hall–Kier alpha value is -2.30. The van der Waals surface area contributed by atoms with E-state index >= 15 is 0 Å². The number of ether oxygens (including phenoxy) is 1. The summed E-state index contributed by atoms with van der Waals surface area (Å²) in [5.74, 6) is 0.763. The summed E-state index contributed by atoms with van der Waals surface area (Å²) < 4.78 is 5.22. The lowest BCUT2D eigenvalue weighted by atomic mass is 10.1. The van der Waals surface area contributed by atoms with Gasteiger partial charge in [-0.1, -0.05) is 29.8 Å². The zero-order valence-electron chi connectivity index (χ0n) is 12.7. The van der Waals surface area contributed by atoms with Crippen LogP contribution < -0.4 is 15.6 Å². The molecule has 0 saturated heterocycles. The summed E-state index contributed by atoms with van der Waals surface area (Å²) in [5, 5.41) is 4.92. The van der Waals surface area contributed by atoms with E-state index in [0.29, 0.717) is 18.7 Å². The van der Waals surface area contributed by atoms with Gasteiger partial charge in [-0.15, -0.1) is 0 Å². The van der Waals surface area contributed by atoms with Crippen LogP contribution in [0.25, 0.3) is 10.9 Å². The highest BCUT2D eigenvalue weighted by Crippen LogP contribution is 2.19. The number of pyridine rings is 1. The van der Waals surface area contributed by atoms with Crippen molar-refractivity contribution in [2.24, 2.45) is 0 Å². The predicted molar refractivity (Wildman–Crippen MR) is 93.1 cm³/mol. The van der Waals surface area contributed by atoms with Gasteiger partial charge in [-0.05, 0) is 35.9 Å². The molecule has 0 bridgehead atoms. The Morgan fingerprint density at radius 1 is 1.09 bits per heavy atom. The lowest BCUT2D eigenvalue weighted by Gasteiger charge is -2.08. The van der Waals surface area contributed by atoms with Gasteiger partial charge in [-0.25, -0.2) is 0 Å². The molecule has 0 saturated carbocycles. The third-order valence-corrected chi connectivity index (χ3v) is 4.09. The molecule has 4 nitrogen and oxygen atoms in total. The summed E-state index contributed by atoms with van der Waals surface area (Å²) in [5.41, 5.74) is 2.39. The second kappa shape index (κ2) is 6.86. The van der Waals surface area contributed by atoms with Crippen LogP contribution in [0, 0.1) is 0 Å². The first-order chi connectivity index (χ1) is 11.2. The van der Waals surface area contributed by atoms with Gasteiger partial charge in [0.2, 0.25) is 0 Å². The average molecular weight is 329 g/mol. The number of aromatic amines is 1. The van der Waals surface area contributed by atoms with E-state index in [2.05, 4.69) is 10.3 Å². The Labute approximate surface area is 139 Å². The first-order valence-corrected chi connectivity index (χ1v) is 7.69. The van der Waals surface area contributed by atoms with E-state index in [9.17, 15) is 4.79 Å². The van der Waals surface area contributed by atoms with Gasteiger partial charge < -0.3 is 15.0 Å². The van der Waals surface area contributed by atoms with Crippen LogP contribution in [-0.2, 0) is 13.1 Å². The fourth-order valence-corrected chi connectivity index (χ4v) is 2.66. The molecule has 5 heteroatoms. The van der Waals surface area contributed by atoms with Crippen LogP contribution in [-0.4, -0.2) is 12.1 Å². The summed E-state index contributed by atoms with van der Waals surface area (Å²) in [7, 11) is 1.62. The number of rotatable bonds is 5. The van der Waals surface area contributed by atoms with Crippen LogP contribution in [0.5, 0.6) is 5.75 Å². The minimum absolute atomic E-state index is 0.0886. The standard InChI is InChI=1S/C18H17ClN2O2/c1-23-15-6-7-17-13(9-15)8-14(18(22)21-17)11-20-10-12-4-2-3-5-16(12)19/h2-9,20H,10-11H2,1H3,(H,21,22). The third-order valence-electron chi connectivity index (χ3n) is 3.72. The molecule has 1 heterocycles. The molecule has 0 unspecified atom stereocenters. The van der Waals surface area contributed by atoms with Crippen molar-refractivity contribution in [1.29, 1.82) is 0 Å². The summed E-state index contributed by atoms with van der Waals surface area (Å²) >= 11 is 6.13. The SMILES string of the molecule is COc1ccc2[nH]c(=O)c(CNCc3ccccc3Cl)cc2c1. The highest BCUT2D eigenvalue weighted by atomic mass is 35.5. The molecule has 1 aromatic heterocycles. The van der Waals surface area contributed by atoms with E-state index in [4.69, 9.17) is 16.3 Å². The highest BCUT2D eigenvalue weighted by Gasteiger charge is 2.05. The van der Waals surface area contributed by atoms with Crippen molar-refractivity contribution in [2.45, 2.75) is 13.1 Å². The normalized spacial score (nSPS) is 10.9. The van der Waals surface area contributed by atoms with Crippen molar-refractivity contribution >= 4 is 22.5 Å². The molecule has 2 N–H and O–H groups in total. The van der Waals surface area contributed by atoms with Crippen LogP contribution in [0.1, 0.15) is 11.1 Å². The molecule has 2 aromatic carbocycles. The maximum Gasteiger partial charge on any atom is 0.252 e. The summed E-state index contributed by atoms with van der Waals surface area (Å²) in [4.78, 5) is 15.0. The first-order valence-electron chi connectivity index (χ1n) is 7.31. The molecule has 23 heavy (non-hydrogen) atoms. The van der Waals surface area contributed by atoms with E-state index in [1.807, 2.05) is 48.5 Å². The van der Waals surface area contributed by atoms with Crippen LogP contribution in [0.3, 0.4) is 0 Å². The largest absolute Gasteiger partial charge is 0.497 e. The van der Waals surface area contributed by atoms with E-state index in [0.717, 1.165) is 27.2 Å². The van der Waals surface area contributed by atoms with E-state index < -0.39 is 0 Å². The summed E-state index contributed by atoms with van der Waals surface area (Å²) in [6.45, 7) is 1.07. The van der Waals surface area contributed by atoms with Gasteiger partial charge in [0.15, 0.2) is 0 Å². The highest BCUT2D eigenvalue weighted by molar-refractivity contribution is 6.31. The number of nitrogens with one attached hydrogen (secondary N) is 2. The molecule has 0 aliphatic heterocycles. The van der Waals surface area contributed by atoms with Gasteiger partial charge in [0.05, 0.1) is 7.11 Å². The molecule has 3 aromatic rings. The molecule has 118 valence electrons. The number of hydrogen-bond acceptors (Lipinski definition) is 3. The number of halogens is 1. The predicted octanol–water partition coefficient (Wildman–Crippen LogP) is 3.48. The summed E-state index contributed by atoms with van der Waals surface area (Å²) in [6, 6.07) is 15.1. The zero-order chi connectivity index (χ0) is 16.2. The minimum Gasteiger partial charge on any atom is -0.497 e. The third kappa shape index (κ3) is 3.55. The Kier molecular flexibility index (Phi) is 4.65. The molecule has 0 fully saturated rings. The van der Waals surface area contributed by atoms with E-state index in [-0.39, 0.29) is 5.56 Å². The number of benzene rings is 2. The first kappa shape index (κ1) is 15.6. The number of hydrogen-bond donors (Lipinski definition) is 2. The van der Waals surface area contributed by atoms with Gasteiger partial charge in [-0.2, -0.15) is 0 Å². The monoisotopic (exact) mass is 328 g/mol.